The molecule has 1 N–H and O–H groups in total. The lowest BCUT2D eigenvalue weighted by molar-refractivity contribution is -0.126. The molecule has 7 nitrogen and oxygen atoms in total. The van der Waals surface area contributed by atoms with Gasteiger partial charge in [-0.1, -0.05) is 6.07 Å². The number of ether oxygens (including phenoxy) is 2. The van der Waals surface area contributed by atoms with Gasteiger partial charge in [-0.2, -0.15) is 4.31 Å². The SMILES string of the molecule is COc1ccc(OC)c(S(=O)(=O)N2CCC(C(=O)NCc3cccs3)CC2)c1. The number of rotatable bonds is 7. The predicted octanol–water partition coefficient (Wildman–Crippen LogP) is 2.48. The molecule has 0 saturated carbocycles. The molecule has 0 bridgehead atoms. The maximum absolute atomic E-state index is 13.1. The molecule has 3 rings (SSSR count). The predicted molar refractivity (Wildman–Crippen MR) is 107 cm³/mol. The molecule has 152 valence electrons. The number of amides is 1. The summed E-state index contributed by atoms with van der Waals surface area (Å²) in [5, 5.41) is 4.91. The topological polar surface area (TPSA) is 84.9 Å². The summed E-state index contributed by atoms with van der Waals surface area (Å²) >= 11 is 1.60. The summed E-state index contributed by atoms with van der Waals surface area (Å²) in [5.41, 5.74) is 0. The molecule has 0 aliphatic carbocycles. The third-order valence-corrected chi connectivity index (χ3v) is 7.63. The monoisotopic (exact) mass is 424 g/mol. The first-order valence-electron chi connectivity index (χ1n) is 8.98. The largest absolute Gasteiger partial charge is 0.497 e. The number of methoxy groups -OCH3 is 2. The minimum atomic E-state index is -3.74. The van der Waals surface area contributed by atoms with Gasteiger partial charge in [-0.25, -0.2) is 8.42 Å². The molecule has 1 aromatic carbocycles. The van der Waals surface area contributed by atoms with Crippen molar-refractivity contribution < 1.29 is 22.7 Å². The summed E-state index contributed by atoms with van der Waals surface area (Å²) in [6.07, 6.45) is 0.976. The van der Waals surface area contributed by atoms with Crippen LogP contribution in [0.4, 0.5) is 0 Å². The third-order valence-electron chi connectivity index (χ3n) is 4.83. The first-order valence-corrected chi connectivity index (χ1v) is 11.3. The van der Waals surface area contributed by atoms with Gasteiger partial charge in [0, 0.05) is 30.0 Å². The van der Waals surface area contributed by atoms with Gasteiger partial charge in [0.15, 0.2) is 0 Å². The average Bonchev–Trinajstić information content (AvgIpc) is 3.25. The zero-order valence-electron chi connectivity index (χ0n) is 15.9. The number of hydrogen-bond acceptors (Lipinski definition) is 6. The Morgan fingerprint density at radius 3 is 2.57 bits per heavy atom. The highest BCUT2D eigenvalue weighted by molar-refractivity contribution is 7.89. The van der Waals surface area contributed by atoms with Gasteiger partial charge in [0.2, 0.25) is 15.9 Å². The summed E-state index contributed by atoms with van der Waals surface area (Å²) in [7, 11) is -0.816. The summed E-state index contributed by atoms with van der Waals surface area (Å²) in [5.74, 6) is 0.516. The van der Waals surface area contributed by atoms with E-state index >= 15 is 0 Å². The molecule has 1 aromatic heterocycles. The Morgan fingerprint density at radius 1 is 1.21 bits per heavy atom. The van der Waals surface area contributed by atoms with Crippen molar-refractivity contribution in [1.29, 1.82) is 0 Å². The van der Waals surface area contributed by atoms with Gasteiger partial charge in [-0.05, 0) is 36.4 Å². The van der Waals surface area contributed by atoms with Gasteiger partial charge in [-0.15, -0.1) is 11.3 Å². The summed E-state index contributed by atoms with van der Waals surface area (Å²) < 4.78 is 38.0. The van der Waals surface area contributed by atoms with E-state index in [2.05, 4.69) is 5.32 Å². The zero-order valence-corrected chi connectivity index (χ0v) is 17.5. The lowest BCUT2D eigenvalue weighted by atomic mass is 9.97. The summed E-state index contributed by atoms with van der Waals surface area (Å²) in [6.45, 7) is 1.09. The molecule has 1 aliphatic rings. The Morgan fingerprint density at radius 2 is 1.96 bits per heavy atom. The van der Waals surface area contributed by atoms with Crippen molar-refractivity contribution in [2.24, 2.45) is 5.92 Å². The van der Waals surface area contributed by atoms with Crippen LogP contribution in [0.5, 0.6) is 11.5 Å². The Hall–Kier alpha value is -2.10. The number of nitrogens with zero attached hydrogens (tertiary/aromatic N) is 1. The fourth-order valence-corrected chi connectivity index (χ4v) is 5.50. The van der Waals surface area contributed by atoms with Crippen LogP contribution in [0.2, 0.25) is 0 Å². The van der Waals surface area contributed by atoms with Crippen molar-refractivity contribution in [1.82, 2.24) is 9.62 Å². The first-order chi connectivity index (χ1) is 13.5. The van der Waals surface area contributed by atoms with Crippen molar-refractivity contribution in [3.63, 3.8) is 0 Å². The maximum Gasteiger partial charge on any atom is 0.246 e. The molecule has 2 heterocycles. The Kier molecular flexibility index (Phi) is 6.58. The van der Waals surface area contributed by atoms with Crippen LogP contribution in [0.25, 0.3) is 0 Å². The van der Waals surface area contributed by atoms with E-state index in [-0.39, 0.29) is 22.5 Å². The third kappa shape index (κ3) is 4.48. The lowest BCUT2D eigenvalue weighted by Gasteiger charge is -2.31. The van der Waals surface area contributed by atoms with Crippen molar-refractivity contribution in [2.75, 3.05) is 27.3 Å². The highest BCUT2D eigenvalue weighted by atomic mass is 32.2. The van der Waals surface area contributed by atoms with E-state index in [9.17, 15) is 13.2 Å². The van der Waals surface area contributed by atoms with Gasteiger partial charge < -0.3 is 14.8 Å². The van der Waals surface area contributed by atoms with Crippen LogP contribution in [0.1, 0.15) is 17.7 Å². The molecule has 1 aliphatic heterocycles. The summed E-state index contributed by atoms with van der Waals surface area (Å²) in [6, 6.07) is 8.62. The fraction of sp³-hybridized carbons (Fsp3) is 0.421. The second kappa shape index (κ2) is 8.93. The number of carbonyl (C=O) groups excluding carboxylic acids is 1. The van der Waals surface area contributed by atoms with Crippen molar-refractivity contribution in [3.05, 3.63) is 40.6 Å². The van der Waals surface area contributed by atoms with Crippen LogP contribution in [-0.2, 0) is 21.4 Å². The van der Waals surface area contributed by atoms with E-state index in [1.165, 1.54) is 24.6 Å². The smallest absolute Gasteiger partial charge is 0.246 e. The molecule has 0 radical (unpaired) electrons. The van der Waals surface area contributed by atoms with Crippen LogP contribution in [0.3, 0.4) is 0 Å². The standard InChI is InChI=1S/C19H24N2O5S2/c1-25-15-5-6-17(26-2)18(12-15)28(23,24)21-9-7-14(8-10-21)19(22)20-13-16-4-3-11-27-16/h3-6,11-12,14H,7-10,13H2,1-2H3,(H,20,22). The van der Waals surface area contributed by atoms with E-state index < -0.39 is 10.0 Å². The molecule has 0 atom stereocenters. The minimum absolute atomic E-state index is 0.0237. The highest BCUT2D eigenvalue weighted by Crippen LogP contribution is 2.32. The Balaban J connectivity index is 1.64. The molecule has 1 saturated heterocycles. The van der Waals surface area contributed by atoms with Crippen LogP contribution in [-0.4, -0.2) is 45.9 Å². The van der Waals surface area contributed by atoms with Gasteiger partial charge in [-0.3, -0.25) is 4.79 Å². The number of carbonyl (C=O) groups is 1. The summed E-state index contributed by atoms with van der Waals surface area (Å²) in [4.78, 5) is 13.6. The van der Waals surface area contributed by atoms with Crippen LogP contribution in [0.15, 0.2) is 40.6 Å². The molecule has 0 spiro atoms. The first kappa shape index (κ1) is 20.6. The number of nitrogens with one attached hydrogen (secondary N) is 1. The lowest BCUT2D eigenvalue weighted by Crippen LogP contribution is -2.42. The molecule has 2 aromatic rings. The number of hydrogen-bond donors (Lipinski definition) is 1. The molecule has 0 unspecified atom stereocenters. The molecule has 1 amide bonds. The highest BCUT2D eigenvalue weighted by Gasteiger charge is 2.34. The molecular weight excluding hydrogens is 400 g/mol. The molecule has 28 heavy (non-hydrogen) atoms. The number of thiophene rings is 1. The maximum atomic E-state index is 13.1. The van der Waals surface area contributed by atoms with Crippen LogP contribution < -0.4 is 14.8 Å². The van der Waals surface area contributed by atoms with Crippen molar-refractivity contribution in [2.45, 2.75) is 24.3 Å². The van der Waals surface area contributed by atoms with E-state index in [4.69, 9.17) is 9.47 Å². The van der Waals surface area contributed by atoms with Crippen LogP contribution >= 0.6 is 11.3 Å². The Labute approximate surface area is 169 Å². The Bertz CT molecular complexity index is 904. The quantitative estimate of drug-likeness (QED) is 0.738. The van der Waals surface area contributed by atoms with E-state index in [0.717, 1.165) is 4.88 Å². The number of sulfonamides is 1. The molecular formula is C19H24N2O5S2. The number of piperidine rings is 1. The number of benzene rings is 1. The van der Waals surface area contributed by atoms with Crippen molar-refractivity contribution >= 4 is 27.3 Å². The van der Waals surface area contributed by atoms with Crippen molar-refractivity contribution in [3.8, 4) is 11.5 Å². The molecule has 1 fully saturated rings. The van der Waals surface area contributed by atoms with Gasteiger partial charge in [0.1, 0.15) is 16.4 Å². The fourth-order valence-electron chi connectivity index (χ4n) is 3.21. The van der Waals surface area contributed by atoms with Gasteiger partial charge in [0.25, 0.3) is 0 Å². The minimum Gasteiger partial charge on any atom is -0.497 e. The van der Waals surface area contributed by atoms with E-state index in [0.29, 0.717) is 38.2 Å². The van der Waals surface area contributed by atoms with Gasteiger partial charge in [0.05, 0.1) is 20.8 Å². The van der Waals surface area contributed by atoms with E-state index in [1.807, 2.05) is 17.5 Å². The average molecular weight is 425 g/mol. The second-order valence-corrected chi connectivity index (χ2v) is 9.43. The molecule has 9 heteroatoms. The van der Waals surface area contributed by atoms with Crippen LogP contribution in [0, 0.1) is 5.92 Å². The van der Waals surface area contributed by atoms with E-state index in [1.54, 1.807) is 23.5 Å². The zero-order chi connectivity index (χ0) is 20.1. The second-order valence-electron chi connectivity index (χ2n) is 6.49. The van der Waals surface area contributed by atoms with Gasteiger partial charge >= 0.3 is 0 Å². The normalized spacial score (nSPS) is 15.9.